The Bertz CT molecular complexity index is 674. The summed E-state index contributed by atoms with van der Waals surface area (Å²) in [5, 5.41) is 18.3. The topological polar surface area (TPSA) is 76.9 Å². The number of fused-ring (bicyclic) bond motifs is 1. The lowest BCUT2D eigenvalue weighted by Gasteiger charge is -2.21. The van der Waals surface area contributed by atoms with E-state index in [1.54, 1.807) is 16.9 Å². The molecule has 2 aromatic heterocycles. The molecule has 0 aromatic carbocycles. The molecule has 1 atom stereocenters. The second-order valence-corrected chi connectivity index (χ2v) is 4.72. The minimum Gasteiger partial charge on any atom is -0.341 e. The molecule has 3 rings (SSSR count). The van der Waals surface area contributed by atoms with Crippen LogP contribution in [0.3, 0.4) is 0 Å². The predicted molar refractivity (Wildman–Crippen MR) is 71.3 cm³/mol. The van der Waals surface area contributed by atoms with Crippen molar-refractivity contribution in [3.05, 3.63) is 64.4 Å². The maximum atomic E-state index is 11.2. The van der Waals surface area contributed by atoms with Gasteiger partial charge in [0.1, 0.15) is 18.9 Å². The summed E-state index contributed by atoms with van der Waals surface area (Å²) in [5.41, 5.74) is 1.15. The van der Waals surface area contributed by atoms with Gasteiger partial charge >= 0.3 is 0 Å². The summed E-state index contributed by atoms with van der Waals surface area (Å²) >= 11 is 0. The number of rotatable bonds is 3. The summed E-state index contributed by atoms with van der Waals surface area (Å²) < 4.78 is 3.58. The third-order valence-corrected chi connectivity index (χ3v) is 3.36. The molecule has 2 aromatic rings. The molecule has 0 radical (unpaired) electrons. The first-order valence-electron chi connectivity index (χ1n) is 6.24. The quantitative estimate of drug-likeness (QED) is 0.514. The van der Waals surface area contributed by atoms with Crippen LogP contribution in [0.1, 0.15) is 11.6 Å². The molecular formula is C13H14N5O2+. The van der Waals surface area contributed by atoms with E-state index in [2.05, 4.69) is 10.4 Å². The van der Waals surface area contributed by atoms with Crippen LogP contribution in [-0.2, 0) is 13.5 Å². The average Bonchev–Trinajstić information content (AvgIpc) is 2.90. The lowest BCUT2D eigenvalue weighted by molar-refractivity contribution is -0.671. The molecule has 1 unspecified atom stereocenters. The van der Waals surface area contributed by atoms with Crippen LogP contribution in [0, 0.1) is 10.1 Å². The Morgan fingerprint density at radius 1 is 1.45 bits per heavy atom. The Kier molecular flexibility index (Phi) is 2.94. The molecule has 0 saturated carbocycles. The molecule has 0 aliphatic carbocycles. The minimum absolute atomic E-state index is 0.120. The number of aromatic nitrogens is 3. The Hall–Kier alpha value is -2.70. The van der Waals surface area contributed by atoms with Gasteiger partial charge in [-0.2, -0.15) is 5.10 Å². The van der Waals surface area contributed by atoms with Gasteiger partial charge in [0.25, 0.3) is 5.70 Å². The highest BCUT2D eigenvalue weighted by atomic mass is 16.6. The van der Waals surface area contributed by atoms with E-state index in [-0.39, 0.29) is 10.6 Å². The third-order valence-electron chi connectivity index (χ3n) is 3.36. The number of pyridine rings is 1. The molecule has 7 nitrogen and oxygen atoms in total. The standard InChI is InChI=1S/C13H14N5O2/c1-16-6-3-10(4-7-16)8-11-12(18(19)20)9-14-13-2-5-15-17(11)13/h2-7,9,11,14H,8H2,1H3/q+1. The summed E-state index contributed by atoms with van der Waals surface area (Å²) in [6, 6.07) is 5.32. The molecule has 7 heteroatoms. The first-order valence-corrected chi connectivity index (χ1v) is 6.24. The fraction of sp³-hybridized carbons (Fsp3) is 0.231. The SMILES string of the molecule is C[n+]1ccc(CC2C([N+](=O)[O-])=CNc3ccnn32)cc1. The van der Waals surface area contributed by atoms with Crippen molar-refractivity contribution in [2.24, 2.45) is 7.05 Å². The van der Waals surface area contributed by atoms with E-state index < -0.39 is 6.04 Å². The molecule has 0 spiro atoms. The molecule has 102 valence electrons. The van der Waals surface area contributed by atoms with Crippen LogP contribution < -0.4 is 9.88 Å². The van der Waals surface area contributed by atoms with Gasteiger partial charge in [-0.15, -0.1) is 0 Å². The summed E-state index contributed by atoms with van der Waals surface area (Å²) in [4.78, 5) is 10.8. The summed E-state index contributed by atoms with van der Waals surface area (Å²) in [6.07, 6.45) is 7.47. The van der Waals surface area contributed by atoms with E-state index in [1.807, 2.05) is 36.1 Å². The molecule has 1 N–H and O–H groups in total. The van der Waals surface area contributed by atoms with E-state index in [0.717, 1.165) is 11.4 Å². The maximum absolute atomic E-state index is 11.2. The van der Waals surface area contributed by atoms with Gasteiger partial charge in [-0.25, -0.2) is 9.25 Å². The number of aryl methyl sites for hydroxylation is 1. The second-order valence-electron chi connectivity index (χ2n) is 4.72. The molecule has 1 aliphatic heterocycles. The predicted octanol–water partition coefficient (Wildman–Crippen LogP) is 1.03. The minimum atomic E-state index is -0.399. The van der Waals surface area contributed by atoms with E-state index in [9.17, 15) is 10.1 Å². The average molecular weight is 272 g/mol. The number of hydrogen-bond donors (Lipinski definition) is 1. The molecule has 3 heterocycles. The van der Waals surface area contributed by atoms with Crippen LogP contribution in [0.2, 0.25) is 0 Å². The zero-order valence-corrected chi connectivity index (χ0v) is 10.9. The van der Waals surface area contributed by atoms with E-state index in [1.165, 1.54) is 6.20 Å². The van der Waals surface area contributed by atoms with Gasteiger partial charge in [-0.1, -0.05) is 0 Å². The number of allylic oxidation sites excluding steroid dienone is 1. The van der Waals surface area contributed by atoms with Crippen molar-refractivity contribution in [3.63, 3.8) is 0 Å². The van der Waals surface area contributed by atoms with Crippen molar-refractivity contribution >= 4 is 5.82 Å². The summed E-state index contributed by atoms with van der Waals surface area (Å²) in [5.74, 6) is 0.766. The fourth-order valence-electron chi connectivity index (χ4n) is 2.30. The van der Waals surface area contributed by atoms with Crippen LogP contribution in [0.4, 0.5) is 5.82 Å². The van der Waals surface area contributed by atoms with Gasteiger partial charge in [-0.3, -0.25) is 10.1 Å². The Balaban J connectivity index is 1.95. The number of nitrogens with zero attached hydrogens (tertiary/aromatic N) is 4. The largest absolute Gasteiger partial charge is 0.341 e. The van der Waals surface area contributed by atoms with Crippen LogP contribution in [0.25, 0.3) is 0 Å². The van der Waals surface area contributed by atoms with Gasteiger partial charge in [0.15, 0.2) is 12.4 Å². The van der Waals surface area contributed by atoms with Gasteiger partial charge in [0.2, 0.25) is 0 Å². The van der Waals surface area contributed by atoms with Crippen molar-refractivity contribution in [2.45, 2.75) is 12.5 Å². The van der Waals surface area contributed by atoms with Crippen LogP contribution in [0.15, 0.2) is 48.7 Å². The highest BCUT2D eigenvalue weighted by Crippen LogP contribution is 2.29. The Morgan fingerprint density at radius 2 is 2.20 bits per heavy atom. The molecule has 0 amide bonds. The number of nitrogens with one attached hydrogen (secondary N) is 1. The zero-order valence-electron chi connectivity index (χ0n) is 10.9. The van der Waals surface area contributed by atoms with Crippen molar-refractivity contribution in [1.29, 1.82) is 0 Å². The molecule has 0 fully saturated rings. The van der Waals surface area contributed by atoms with Crippen molar-refractivity contribution in [1.82, 2.24) is 9.78 Å². The van der Waals surface area contributed by atoms with Crippen LogP contribution in [-0.4, -0.2) is 14.7 Å². The maximum Gasteiger partial charge on any atom is 0.286 e. The van der Waals surface area contributed by atoms with E-state index in [0.29, 0.717) is 6.42 Å². The summed E-state index contributed by atoms with van der Waals surface area (Å²) in [6.45, 7) is 0. The van der Waals surface area contributed by atoms with Crippen molar-refractivity contribution < 1.29 is 9.49 Å². The smallest absolute Gasteiger partial charge is 0.286 e. The first-order chi connectivity index (χ1) is 9.65. The zero-order chi connectivity index (χ0) is 14.1. The van der Waals surface area contributed by atoms with Crippen LogP contribution in [0.5, 0.6) is 0 Å². The number of nitro groups is 1. The highest BCUT2D eigenvalue weighted by molar-refractivity contribution is 5.42. The van der Waals surface area contributed by atoms with Gasteiger partial charge in [0.05, 0.1) is 17.3 Å². The lowest BCUT2D eigenvalue weighted by atomic mass is 10.0. The van der Waals surface area contributed by atoms with E-state index >= 15 is 0 Å². The lowest BCUT2D eigenvalue weighted by Crippen LogP contribution is -2.28. The molecule has 1 aliphatic rings. The Labute approximate surface area is 115 Å². The summed E-state index contributed by atoms with van der Waals surface area (Å²) in [7, 11) is 1.93. The van der Waals surface area contributed by atoms with Gasteiger partial charge in [0, 0.05) is 24.6 Å². The number of anilines is 1. The van der Waals surface area contributed by atoms with Gasteiger partial charge < -0.3 is 5.32 Å². The third kappa shape index (κ3) is 2.13. The van der Waals surface area contributed by atoms with Crippen molar-refractivity contribution in [3.8, 4) is 0 Å². The Morgan fingerprint density at radius 3 is 2.90 bits per heavy atom. The van der Waals surface area contributed by atoms with Gasteiger partial charge in [-0.05, 0) is 5.56 Å². The second kappa shape index (κ2) is 4.76. The monoisotopic (exact) mass is 272 g/mol. The highest BCUT2D eigenvalue weighted by Gasteiger charge is 2.32. The number of hydrogen-bond acceptors (Lipinski definition) is 4. The molecule has 0 bridgehead atoms. The first kappa shape index (κ1) is 12.3. The fourth-order valence-corrected chi connectivity index (χ4v) is 2.30. The van der Waals surface area contributed by atoms with E-state index in [4.69, 9.17) is 0 Å². The molecule has 20 heavy (non-hydrogen) atoms. The van der Waals surface area contributed by atoms with Crippen molar-refractivity contribution in [2.75, 3.05) is 5.32 Å². The molecular weight excluding hydrogens is 258 g/mol. The normalized spacial score (nSPS) is 17.1. The molecule has 0 saturated heterocycles. The van der Waals surface area contributed by atoms with Crippen LogP contribution >= 0.6 is 0 Å².